The molecule has 0 fully saturated rings. The molecule has 0 amide bonds. The molecule has 0 bridgehead atoms. The smallest absolute Gasteiger partial charge is 0.339 e. The van der Waals surface area contributed by atoms with Gasteiger partial charge in [0.05, 0.1) is 0 Å². The minimum atomic E-state index is -1.07. The molecule has 20 heavy (non-hydrogen) atoms. The molecule has 1 rings (SSSR count). The van der Waals surface area contributed by atoms with Gasteiger partial charge >= 0.3 is 5.97 Å². The lowest BCUT2D eigenvalue weighted by Crippen LogP contribution is -2.07. The Kier molecular flexibility index (Phi) is 7.13. The first-order valence-corrected chi connectivity index (χ1v) is 7.64. The van der Waals surface area contributed by atoms with Gasteiger partial charge < -0.3 is 10.2 Å². The number of hydrogen-bond acceptors (Lipinski definition) is 2. The SMILES string of the molecule is CCCCCC(CCC)Cc1cccc(C(=O)O)c1O. The van der Waals surface area contributed by atoms with Crippen molar-refractivity contribution in [2.75, 3.05) is 0 Å². The van der Waals surface area contributed by atoms with Gasteiger partial charge in [-0.05, 0) is 24.0 Å². The third-order valence-corrected chi connectivity index (χ3v) is 3.77. The molecule has 1 aromatic carbocycles. The molecular formula is C17H26O3. The summed E-state index contributed by atoms with van der Waals surface area (Å²) < 4.78 is 0. The molecule has 0 radical (unpaired) electrons. The minimum Gasteiger partial charge on any atom is -0.507 e. The fourth-order valence-corrected chi connectivity index (χ4v) is 2.68. The van der Waals surface area contributed by atoms with Gasteiger partial charge in [-0.25, -0.2) is 4.79 Å². The van der Waals surface area contributed by atoms with Crippen molar-refractivity contribution in [3.8, 4) is 5.75 Å². The van der Waals surface area contributed by atoms with Gasteiger partial charge in [0.2, 0.25) is 0 Å². The molecule has 1 atom stereocenters. The average molecular weight is 278 g/mol. The van der Waals surface area contributed by atoms with Crippen molar-refractivity contribution in [3.05, 3.63) is 29.3 Å². The highest BCUT2D eigenvalue weighted by Gasteiger charge is 2.16. The quantitative estimate of drug-likeness (QED) is 0.647. The van der Waals surface area contributed by atoms with E-state index in [0.717, 1.165) is 31.2 Å². The molecule has 0 aliphatic heterocycles. The van der Waals surface area contributed by atoms with E-state index < -0.39 is 5.97 Å². The summed E-state index contributed by atoms with van der Waals surface area (Å²) in [7, 11) is 0. The summed E-state index contributed by atoms with van der Waals surface area (Å²) in [6.45, 7) is 4.36. The lowest BCUT2D eigenvalue weighted by atomic mass is 9.89. The second-order valence-electron chi connectivity index (χ2n) is 5.47. The average Bonchev–Trinajstić information content (AvgIpc) is 2.41. The van der Waals surface area contributed by atoms with E-state index in [9.17, 15) is 9.90 Å². The summed E-state index contributed by atoms with van der Waals surface area (Å²) in [6.07, 6.45) is 7.82. The topological polar surface area (TPSA) is 57.5 Å². The maximum absolute atomic E-state index is 11.0. The summed E-state index contributed by atoms with van der Waals surface area (Å²) >= 11 is 0. The zero-order valence-corrected chi connectivity index (χ0v) is 12.6. The Hall–Kier alpha value is -1.51. The van der Waals surface area contributed by atoms with E-state index in [1.807, 2.05) is 6.07 Å². The number of hydrogen-bond donors (Lipinski definition) is 2. The van der Waals surface area contributed by atoms with E-state index in [2.05, 4.69) is 13.8 Å². The van der Waals surface area contributed by atoms with E-state index in [0.29, 0.717) is 5.92 Å². The van der Waals surface area contributed by atoms with Gasteiger partial charge in [0, 0.05) is 0 Å². The second-order valence-corrected chi connectivity index (χ2v) is 5.47. The Morgan fingerprint density at radius 1 is 1.15 bits per heavy atom. The van der Waals surface area contributed by atoms with Gasteiger partial charge in [-0.15, -0.1) is 0 Å². The Balaban J connectivity index is 2.77. The number of aromatic carboxylic acids is 1. The van der Waals surface area contributed by atoms with Gasteiger partial charge in [-0.1, -0.05) is 64.5 Å². The maximum atomic E-state index is 11.0. The van der Waals surface area contributed by atoms with Crippen LogP contribution in [0, 0.1) is 5.92 Å². The number of carbonyl (C=O) groups is 1. The number of phenols is 1. The van der Waals surface area contributed by atoms with Gasteiger partial charge in [0.15, 0.2) is 0 Å². The minimum absolute atomic E-state index is 0.00584. The van der Waals surface area contributed by atoms with E-state index >= 15 is 0 Å². The summed E-state index contributed by atoms with van der Waals surface area (Å²) in [6, 6.07) is 5.00. The summed E-state index contributed by atoms with van der Waals surface area (Å²) in [5, 5.41) is 19.1. The predicted octanol–water partition coefficient (Wildman–Crippen LogP) is 4.63. The number of para-hydroxylation sites is 1. The van der Waals surface area contributed by atoms with Crippen molar-refractivity contribution < 1.29 is 15.0 Å². The molecule has 1 aromatic rings. The van der Waals surface area contributed by atoms with Gasteiger partial charge in [0.1, 0.15) is 11.3 Å². The highest BCUT2D eigenvalue weighted by atomic mass is 16.4. The van der Waals surface area contributed by atoms with Crippen molar-refractivity contribution in [3.63, 3.8) is 0 Å². The molecule has 0 saturated heterocycles. The highest BCUT2D eigenvalue weighted by molar-refractivity contribution is 5.91. The number of benzene rings is 1. The Labute approximate surface area is 121 Å². The van der Waals surface area contributed by atoms with Crippen molar-refractivity contribution in [1.29, 1.82) is 0 Å². The normalized spacial score (nSPS) is 12.3. The van der Waals surface area contributed by atoms with E-state index in [1.54, 1.807) is 6.07 Å². The third kappa shape index (κ3) is 4.87. The van der Waals surface area contributed by atoms with Crippen molar-refractivity contribution in [2.24, 2.45) is 5.92 Å². The van der Waals surface area contributed by atoms with Crippen LogP contribution in [0.3, 0.4) is 0 Å². The molecule has 0 aromatic heterocycles. The van der Waals surface area contributed by atoms with Crippen LogP contribution in [0.1, 0.15) is 68.3 Å². The molecule has 2 N–H and O–H groups in total. The number of carboxylic acids is 1. The van der Waals surface area contributed by atoms with Gasteiger partial charge in [-0.2, -0.15) is 0 Å². The highest BCUT2D eigenvalue weighted by Crippen LogP contribution is 2.28. The molecule has 0 saturated carbocycles. The first kappa shape index (κ1) is 16.5. The lowest BCUT2D eigenvalue weighted by molar-refractivity contribution is 0.0693. The summed E-state index contributed by atoms with van der Waals surface area (Å²) in [5.41, 5.74) is 0.770. The van der Waals surface area contributed by atoms with E-state index in [1.165, 1.54) is 25.3 Å². The van der Waals surface area contributed by atoms with Crippen LogP contribution in [0.5, 0.6) is 5.75 Å². The van der Waals surface area contributed by atoms with Crippen LogP contribution >= 0.6 is 0 Å². The molecule has 1 unspecified atom stereocenters. The van der Waals surface area contributed by atoms with Crippen molar-refractivity contribution in [2.45, 2.75) is 58.8 Å². The molecule has 0 aliphatic carbocycles. The molecule has 0 spiro atoms. The molecule has 3 heteroatoms. The molecule has 112 valence electrons. The molecular weight excluding hydrogens is 252 g/mol. The molecule has 0 aliphatic rings. The standard InChI is InChI=1S/C17H26O3/c1-3-5-6-9-13(8-4-2)12-14-10-7-11-15(16(14)18)17(19)20/h7,10-11,13,18H,3-6,8-9,12H2,1-2H3,(H,19,20). The fraction of sp³-hybridized carbons (Fsp3) is 0.588. The summed E-state index contributed by atoms with van der Waals surface area (Å²) in [5.74, 6) is -0.597. The fourth-order valence-electron chi connectivity index (χ4n) is 2.68. The second kappa shape index (κ2) is 8.62. The van der Waals surface area contributed by atoms with Crippen molar-refractivity contribution in [1.82, 2.24) is 0 Å². The van der Waals surface area contributed by atoms with Crippen LogP contribution in [0.25, 0.3) is 0 Å². The Bertz CT molecular complexity index is 426. The van der Waals surface area contributed by atoms with E-state index in [4.69, 9.17) is 5.11 Å². The zero-order valence-electron chi connectivity index (χ0n) is 12.6. The monoisotopic (exact) mass is 278 g/mol. The van der Waals surface area contributed by atoms with Crippen LogP contribution < -0.4 is 0 Å². The first-order chi connectivity index (χ1) is 9.60. The third-order valence-electron chi connectivity index (χ3n) is 3.77. The van der Waals surface area contributed by atoms with E-state index in [-0.39, 0.29) is 11.3 Å². The van der Waals surface area contributed by atoms with Crippen LogP contribution in [-0.2, 0) is 6.42 Å². The van der Waals surface area contributed by atoms with Crippen LogP contribution in [0.4, 0.5) is 0 Å². The molecule has 0 heterocycles. The lowest BCUT2D eigenvalue weighted by Gasteiger charge is -2.17. The number of carboxylic acid groups (broad SMARTS) is 1. The Morgan fingerprint density at radius 2 is 1.90 bits per heavy atom. The Morgan fingerprint density at radius 3 is 2.50 bits per heavy atom. The zero-order chi connectivity index (χ0) is 15.0. The predicted molar refractivity (Wildman–Crippen MR) is 81.3 cm³/mol. The van der Waals surface area contributed by atoms with Gasteiger partial charge in [-0.3, -0.25) is 0 Å². The number of rotatable bonds is 9. The maximum Gasteiger partial charge on any atom is 0.339 e. The van der Waals surface area contributed by atoms with Crippen molar-refractivity contribution >= 4 is 5.97 Å². The van der Waals surface area contributed by atoms with Gasteiger partial charge in [0.25, 0.3) is 0 Å². The summed E-state index contributed by atoms with van der Waals surface area (Å²) in [4.78, 5) is 11.0. The number of unbranched alkanes of at least 4 members (excludes halogenated alkanes) is 2. The molecule has 3 nitrogen and oxygen atoms in total. The van der Waals surface area contributed by atoms with Crippen LogP contribution in [0.2, 0.25) is 0 Å². The van der Waals surface area contributed by atoms with Crippen LogP contribution in [-0.4, -0.2) is 16.2 Å². The largest absolute Gasteiger partial charge is 0.507 e. The number of aromatic hydroxyl groups is 1. The van der Waals surface area contributed by atoms with Crippen LogP contribution in [0.15, 0.2) is 18.2 Å². The first-order valence-electron chi connectivity index (χ1n) is 7.64.